The smallest absolute Gasteiger partial charge is 0.357 e. The molecular formula is C9H15F3O2. The van der Waals surface area contributed by atoms with Gasteiger partial charge < -0.3 is 5.11 Å². The van der Waals surface area contributed by atoms with Gasteiger partial charge >= 0.3 is 5.92 Å². The van der Waals surface area contributed by atoms with Crippen LogP contribution in [0.25, 0.3) is 0 Å². The average Bonchev–Trinajstić information content (AvgIpc) is 2.02. The topological polar surface area (TPSA) is 37.3 Å². The number of hydrogen-bond donors (Lipinski definition) is 1. The maximum absolute atomic E-state index is 12.8. The van der Waals surface area contributed by atoms with Gasteiger partial charge in [-0.2, -0.15) is 8.78 Å². The fraction of sp³-hybridized carbons (Fsp3) is 0.889. The molecule has 0 heterocycles. The number of hydrogen-bond acceptors (Lipinski definition) is 2. The molecule has 0 amide bonds. The Balaban J connectivity index is 4.23. The molecule has 1 N–H and O–H groups in total. The van der Waals surface area contributed by atoms with Crippen LogP contribution in [0, 0.1) is 0 Å². The minimum absolute atomic E-state index is 0.282. The van der Waals surface area contributed by atoms with Crippen LogP contribution < -0.4 is 0 Å². The Bertz CT molecular complexity index is 197. The van der Waals surface area contributed by atoms with Crippen molar-refractivity contribution in [2.75, 3.05) is 0 Å². The number of carbonyl (C=O) groups excluding carboxylic acids is 1. The molecule has 0 radical (unpaired) electrons. The summed E-state index contributed by atoms with van der Waals surface area (Å²) in [5.41, 5.74) is 0. The van der Waals surface area contributed by atoms with Gasteiger partial charge in [-0.15, -0.1) is 0 Å². The van der Waals surface area contributed by atoms with Crippen molar-refractivity contribution in [3.63, 3.8) is 0 Å². The Kier molecular flexibility index (Phi) is 4.58. The third-order valence-corrected chi connectivity index (χ3v) is 1.93. The number of ketones is 1. The highest BCUT2D eigenvalue weighted by molar-refractivity contribution is 5.86. The van der Waals surface area contributed by atoms with Crippen LogP contribution in [0.2, 0.25) is 0 Å². The normalized spacial score (nSPS) is 16.4. The van der Waals surface area contributed by atoms with Gasteiger partial charge in [0.1, 0.15) is 0 Å². The summed E-state index contributed by atoms with van der Waals surface area (Å²) in [5, 5.41) is 8.43. The summed E-state index contributed by atoms with van der Waals surface area (Å²) in [6, 6.07) is 0. The van der Waals surface area contributed by atoms with Gasteiger partial charge in [-0.05, 0) is 6.42 Å². The molecule has 0 bridgehead atoms. The lowest BCUT2D eigenvalue weighted by atomic mass is 10.0. The van der Waals surface area contributed by atoms with E-state index in [0.29, 0.717) is 12.8 Å². The van der Waals surface area contributed by atoms with E-state index >= 15 is 0 Å². The largest absolute Gasteiger partial charge is 0.362 e. The fourth-order valence-corrected chi connectivity index (χ4v) is 0.947. The Morgan fingerprint density at radius 3 is 2.14 bits per heavy atom. The van der Waals surface area contributed by atoms with E-state index in [4.69, 9.17) is 5.11 Å². The molecule has 0 aliphatic heterocycles. The van der Waals surface area contributed by atoms with E-state index in [-0.39, 0.29) is 6.92 Å². The van der Waals surface area contributed by atoms with Crippen LogP contribution in [0.3, 0.4) is 0 Å². The molecule has 1 atom stereocenters. The Labute approximate surface area is 81.1 Å². The fourth-order valence-electron chi connectivity index (χ4n) is 0.947. The van der Waals surface area contributed by atoms with E-state index in [2.05, 4.69) is 0 Å². The summed E-state index contributed by atoms with van der Waals surface area (Å²) in [6.07, 6.45) is 1.31. The van der Waals surface area contributed by atoms with Crippen LogP contribution in [0.1, 0.15) is 39.5 Å². The first-order valence-electron chi connectivity index (χ1n) is 4.56. The van der Waals surface area contributed by atoms with Gasteiger partial charge in [0, 0.05) is 13.3 Å². The SMILES string of the molecule is CCCCCC(=O)C(F)(F)C(C)(O)F. The molecule has 0 rings (SSSR count). The standard InChI is InChI=1S/C9H15F3O2/c1-3-4-5-6-7(13)9(11,12)8(2,10)14/h14H,3-6H2,1-2H3. The Morgan fingerprint density at radius 1 is 1.29 bits per heavy atom. The highest BCUT2D eigenvalue weighted by atomic mass is 19.3. The maximum Gasteiger partial charge on any atom is 0.362 e. The summed E-state index contributed by atoms with van der Waals surface area (Å²) in [7, 11) is 0. The molecule has 0 aliphatic rings. The number of unbranched alkanes of at least 4 members (excludes halogenated alkanes) is 2. The Hall–Kier alpha value is -0.580. The van der Waals surface area contributed by atoms with Crippen LogP contribution in [0.4, 0.5) is 13.2 Å². The van der Waals surface area contributed by atoms with E-state index in [1.165, 1.54) is 0 Å². The molecule has 0 aromatic heterocycles. The zero-order valence-electron chi connectivity index (χ0n) is 8.32. The lowest BCUT2D eigenvalue weighted by Gasteiger charge is -2.23. The van der Waals surface area contributed by atoms with Crippen molar-refractivity contribution in [3.8, 4) is 0 Å². The van der Waals surface area contributed by atoms with Crippen molar-refractivity contribution in [3.05, 3.63) is 0 Å². The highest BCUT2D eigenvalue weighted by Gasteiger charge is 2.55. The monoisotopic (exact) mass is 212 g/mol. The molecule has 0 aromatic rings. The molecule has 0 aromatic carbocycles. The summed E-state index contributed by atoms with van der Waals surface area (Å²) in [6.45, 7) is 2.14. The third kappa shape index (κ3) is 3.29. The van der Waals surface area contributed by atoms with E-state index < -0.39 is 24.0 Å². The molecular weight excluding hydrogens is 197 g/mol. The second-order valence-corrected chi connectivity index (χ2v) is 3.41. The zero-order valence-corrected chi connectivity index (χ0v) is 8.32. The quantitative estimate of drug-likeness (QED) is 0.686. The molecule has 1 unspecified atom stereocenters. The van der Waals surface area contributed by atoms with E-state index in [1.807, 2.05) is 6.92 Å². The second kappa shape index (κ2) is 4.77. The molecule has 0 spiro atoms. The van der Waals surface area contributed by atoms with Crippen LogP contribution in [0.15, 0.2) is 0 Å². The van der Waals surface area contributed by atoms with Crippen LogP contribution in [-0.2, 0) is 4.79 Å². The van der Waals surface area contributed by atoms with Crippen LogP contribution >= 0.6 is 0 Å². The van der Waals surface area contributed by atoms with Crippen molar-refractivity contribution in [1.82, 2.24) is 0 Å². The summed E-state index contributed by atoms with van der Waals surface area (Å²) < 4.78 is 38.1. The number of alkyl halides is 3. The predicted molar refractivity (Wildman–Crippen MR) is 45.8 cm³/mol. The van der Waals surface area contributed by atoms with E-state index in [9.17, 15) is 18.0 Å². The molecule has 84 valence electrons. The van der Waals surface area contributed by atoms with Gasteiger partial charge in [0.05, 0.1) is 0 Å². The van der Waals surface area contributed by atoms with E-state index in [1.54, 1.807) is 0 Å². The van der Waals surface area contributed by atoms with Gasteiger partial charge in [0.2, 0.25) is 5.78 Å². The number of rotatable bonds is 6. The minimum atomic E-state index is -4.30. The van der Waals surface area contributed by atoms with Gasteiger partial charge in [0.25, 0.3) is 5.85 Å². The highest BCUT2D eigenvalue weighted by Crippen LogP contribution is 2.32. The average molecular weight is 212 g/mol. The van der Waals surface area contributed by atoms with Gasteiger partial charge in [0.15, 0.2) is 0 Å². The lowest BCUT2D eigenvalue weighted by Crippen LogP contribution is -2.47. The molecule has 0 fully saturated rings. The molecule has 5 heteroatoms. The predicted octanol–water partition coefficient (Wildman–Crippen LogP) is 2.45. The first-order chi connectivity index (χ1) is 6.23. The van der Waals surface area contributed by atoms with E-state index in [0.717, 1.165) is 6.42 Å². The van der Waals surface area contributed by atoms with Crippen molar-refractivity contribution in [2.45, 2.75) is 51.3 Å². The van der Waals surface area contributed by atoms with Gasteiger partial charge in [-0.3, -0.25) is 4.79 Å². The summed E-state index contributed by atoms with van der Waals surface area (Å²) in [4.78, 5) is 10.8. The number of carbonyl (C=O) groups is 1. The maximum atomic E-state index is 12.8. The molecule has 14 heavy (non-hydrogen) atoms. The van der Waals surface area contributed by atoms with Crippen molar-refractivity contribution < 1.29 is 23.1 Å². The lowest BCUT2D eigenvalue weighted by molar-refractivity contribution is -0.233. The third-order valence-electron chi connectivity index (χ3n) is 1.93. The molecule has 2 nitrogen and oxygen atoms in total. The number of aliphatic hydroxyl groups is 1. The van der Waals surface area contributed by atoms with Gasteiger partial charge in [-0.1, -0.05) is 19.8 Å². The van der Waals surface area contributed by atoms with Crippen LogP contribution in [-0.4, -0.2) is 22.7 Å². The van der Waals surface area contributed by atoms with Crippen molar-refractivity contribution >= 4 is 5.78 Å². The summed E-state index contributed by atoms with van der Waals surface area (Å²) in [5.74, 6) is -9.62. The zero-order chi connectivity index (χ0) is 11.4. The first-order valence-corrected chi connectivity index (χ1v) is 4.56. The minimum Gasteiger partial charge on any atom is -0.357 e. The van der Waals surface area contributed by atoms with Gasteiger partial charge in [-0.25, -0.2) is 4.39 Å². The number of Topliss-reactive ketones (excluding diaryl/α,β-unsaturated/α-hetero) is 1. The second-order valence-electron chi connectivity index (χ2n) is 3.41. The van der Waals surface area contributed by atoms with Crippen molar-refractivity contribution in [1.29, 1.82) is 0 Å². The number of halogens is 3. The molecule has 0 aliphatic carbocycles. The van der Waals surface area contributed by atoms with Crippen LogP contribution in [0.5, 0.6) is 0 Å². The molecule has 0 saturated carbocycles. The molecule has 0 saturated heterocycles. The Morgan fingerprint density at radius 2 is 1.79 bits per heavy atom. The first kappa shape index (κ1) is 13.4. The summed E-state index contributed by atoms with van der Waals surface area (Å²) >= 11 is 0. The van der Waals surface area contributed by atoms with Crippen molar-refractivity contribution in [2.24, 2.45) is 0 Å².